The maximum Gasteiger partial charge on any atom is 0.291 e. The third kappa shape index (κ3) is 5.48. The Labute approximate surface area is 228 Å². The lowest BCUT2D eigenvalue weighted by atomic mass is 10.2. The minimum absolute atomic E-state index is 0.111. The molecule has 0 spiro atoms. The summed E-state index contributed by atoms with van der Waals surface area (Å²) in [5.74, 6) is -0.915. The maximum absolute atomic E-state index is 13.2. The van der Waals surface area contributed by atoms with Crippen LogP contribution in [0.3, 0.4) is 0 Å². The molecule has 2 heterocycles. The lowest BCUT2D eigenvalue weighted by molar-refractivity contribution is 0.0997. The normalized spacial score (nSPS) is 13.9. The molecular weight excluding hydrogens is 553 g/mol. The first-order valence-corrected chi connectivity index (χ1v) is 13.7. The summed E-state index contributed by atoms with van der Waals surface area (Å²) in [7, 11) is -4.12. The van der Waals surface area contributed by atoms with Gasteiger partial charge in [-0.3, -0.25) is 14.3 Å². The average molecular weight is 574 g/mol. The summed E-state index contributed by atoms with van der Waals surface area (Å²) in [6.45, 7) is 2.02. The summed E-state index contributed by atoms with van der Waals surface area (Å²) in [5.41, 5.74) is 0.805. The summed E-state index contributed by atoms with van der Waals surface area (Å²) in [6, 6.07) is 16.5. The van der Waals surface area contributed by atoms with Crippen LogP contribution in [-0.4, -0.2) is 40.6 Å². The van der Waals surface area contributed by atoms with Crippen molar-refractivity contribution in [1.82, 2.24) is 0 Å². The zero-order valence-electron chi connectivity index (χ0n) is 19.7. The summed E-state index contributed by atoms with van der Waals surface area (Å²) < 4.78 is 40.0. The van der Waals surface area contributed by atoms with Crippen molar-refractivity contribution >= 4 is 67.2 Å². The molecule has 38 heavy (non-hydrogen) atoms. The average Bonchev–Trinajstić information content (AvgIpc) is 2.91. The Kier molecular flexibility index (Phi) is 7.31. The molecule has 12 heteroatoms. The molecule has 0 bridgehead atoms. The van der Waals surface area contributed by atoms with Crippen molar-refractivity contribution in [2.75, 3.05) is 41.2 Å². The number of fused-ring (bicyclic) bond motifs is 1. The molecule has 1 fully saturated rings. The second kappa shape index (κ2) is 10.7. The molecule has 1 aliphatic heterocycles. The van der Waals surface area contributed by atoms with Gasteiger partial charge in [0.25, 0.3) is 15.9 Å². The molecular formula is C26H21Cl2N3O6S. The molecule has 1 saturated heterocycles. The lowest BCUT2D eigenvalue weighted by Gasteiger charge is -2.30. The number of amides is 1. The fraction of sp³-hybridized carbons (Fsp3) is 0.154. The monoisotopic (exact) mass is 573 g/mol. The molecule has 1 aromatic heterocycles. The van der Waals surface area contributed by atoms with Gasteiger partial charge in [0.1, 0.15) is 5.58 Å². The first-order valence-electron chi connectivity index (χ1n) is 11.5. The van der Waals surface area contributed by atoms with Crippen LogP contribution in [0.15, 0.2) is 80.8 Å². The van der Waals surface area contributed by atoms with Crippen molar-refractivity contribution in [3.63, 3.8) is 0 Å². The number of anilines is 3. The molecule has 0 saturated carbocycles. The van der Waals surface area contributed by atoms with Crippen LogP contribution < -0.4 is 20.4 Å². The highest BCUT2D eigenvalue weighted by Gasteiger charge is 2.23. The Morgan fingerprint density at radius 1 is 0.921 bits per heavy atom. The predicted octanol–water partition coefficient (Wildman–Crippen LogP) is 4.99. The number of carbonyl (C=O) groups is 1. The molecule has 1 aliphatic rings. The van der Waals surface area contributed by atoms with Gasteiger partial charge in [0.05, 0.1) is 45.6 Å². The van der Waals surface area contributed by atoms with Gasteiger partial charge >= 0.3 is 0 Å². The van der Waals surface area contributed by atoms with Gasteiger partial charge in [0.15, 0.2) is 11.2 Å². The Balaban J connectivity index is 1.52. The van der Waals surface area contributed by atoms with Gasteiger partial charge in [-0.05, 0) is 48.5 Å². The smallest absolute Gasteiger partial charge is 0.291 e. The van der Waals surface area contributed by atoms with Gasteiger partial charge in [0, 0.05) is 24.2 Å². The highest BCUT2D eigenvalue weighted by molar-refractivity contribution is 7.92. The van der Waals surface area contributed by atoms with Crippen molar-refractivity contribution in [3.8, 4) is 0 Å². The molecule has 1 amide bonds. The van der Waals surface area contributed by atoms with Crippen molar-refractivity contribution in [2.45, 2.75) is 4.90 Å². The van der Waals surface area contributed by atoms with E-state index in [0.717, 1.165) is 6.07 Å². The van der Waals surface area contributed by atoms with Crippen molar-refractivity contribution in [2.24, 2.45) is 0 Å². The SMILES string of the molecule is O=C(Nc1cc(S(=O)(=O)Nc2cc(Cl)ccc2Cl)ccc1N1CCOCC1)c1cc(=O)c2ccccc2o1. The highest BCUT2D eigenvalue weighted by atomic mass is 35.5. The number of nitrogens with zero attached hydrogens (tertiary/aromatic N) is 1. The number of hydrogen-bond acceptors (Lipinski definition) is 7. The Morgan fingerprint density at radius 2 is 1.68 bits per heavy atom. The first kappa shape index (κ1) is 26.1. The van der Waals surface area contributed by atoms with E-state index >= 15 is 0 Å². The van der Waals surface area contributed by atoms with Crippen LogP contribution in [0.25, 0.3) is 11.0 Å². The number of halogens is 2. The molecule has 2 N–H and O–H groups in total. The van der Waals surface area contributed by atoms with E-state index in [9.17, 15) is 18.0 Å². The number of morpholine rings is 1. The van der Waals surface area contributed by atoms with E-state index in [-0.39, 0.29) is 38.1 Å². The van der Waals surface area contributed by atoms with Crippen LogP contribution in [0.5, 0.6) is 0 Å². The molecule has 0 atom stereocenters. The van der Waals surface area contributed by atoms with E-state index in [0.29, 0.717) is 42.4 Å². The number of para-hydroxylation sites is 1. The molecule has 0 unspecified atom stereocenters. The van der Waals surface area contributed by atoms with Crippen molar-refractivity contribution < 1.29 is 22.4 Å². The zero-order chi connectivity index (χ0) is 26.9. The molecule has 9 nitrogen and oxygen atoms in total. The van der Waals surface area contributed by atoms with Gasteiger partial charge in [-0.2, -0.15) is 0 Å². The number of ether oxygens (including phenoxy) is 1. The second-order valence-electron chi connectivity index (χ2n) is 8.43. The van der Waals surface area contributed by atoms with E-state index < -0.39 is 15.9 Å². The van der Waals surface area contributed by atoms with E-state index in [2.05, 4.69) is 10.0 Å². The predicted molar refractivity (Wildman–Crippen MR) is 147 cm³/mol. The number of rotatable bonds is 6. The van der Waals surface area contributed by atoms with Gasteiger partial charge in [-0.1, -0.05) is 35.3 Å². The molecule has 4 aromatic rings. The van der Waals surface area contributed by atoms with Crippen LogP contribution in [0, 0.1) is 0 Å². The summed E-state index contributed by atoms with van der Waals surface area (Å²) >= 11 is 12.1. The van der Waals surface area contributed by atoms with Crippen LogP contribution in [0.2, 0.25) is 10.0 Å². The van der Waals surface area contributed by atoms with E-state index in [1.54, 1.807) is 30.3 Å². The maximum atomic E-state index is 13.2. The number of sulfonamides is 1. The minimum Gasteiger partial charge on any atom is -0.451 e. The summed E-state index contributed by atoms with van der Waals surface area (Å²) in [4.78, 5) is 27.5. The van der Waals surface area contributed by atoms with Crippen molar-refractivity contribution in [3.05, 3.63) is 92.8 Å². The number of nitrogens with one attached hydrogen (secondary N) is 2. The van der Waals surface area contributed by atoms with Gasteiger partial charge in [-0.25, -0.2) is 8.42 Å². The fourth-order valence-electron chi connectivity index (χ4n) is 4.04. The summed E-state index contributed by atoms with van der Waals surface area (Å²) in [5, 5.41) is 3.54. The largest absolute Gasteiger partial charge is 0.451 e. The van der Waals surface area contributed by atoms with E-state index in [1.807, 2.05) is 4.90 Å². The van der Waals surface area contributed by atoms with Crippen LogP contribution in [0.1, 0.15) is 10.6 Å². The fourth-order valence-corrected chi connectivity index (χ4v) is 5.53. The minimum atomic E-state index is -4.12. The number of carbonyl (C=O) groups excluding carboxylic acids is 1. The van der Waals surface area contributed by atoms with Crippen LogP contribution in [0.4, 0.5) is 17.1 Å². The Bertz CT molecular complexity index is 1700. The summed E-state index contributed by atoms with van der Waals surface area (Å²) in [6.07, 6.45) is 0. The topological polar surface area (TPSA) is 118 Å². The van der Waals surface area contributed by atoms with Crippen LogP contribution >= 0.6 is 23.2 Å². The second-order valence-corrected chi connectivity index (χ2v) is 11.0. The quantitative estimate of drug-likeness (QED) is 0.333. The molecule has 5 rings (SSSR count). The van der Waals surface area contributed by atoms with E-state index in [1.165, 1.54) is 30.3 Å². The Morgan fingerprint density at radius 3 is 2.47 bits per heavy atom. The Hall–Kier alpha value is -3.57. The number of hydrogen-bond donors (Lipinski definition) is 2. The van der Waals surface area contributed by atoms with Gasteiger partial charge in [-0.15, -0.1) is 0 Å². The molecule has 196 valence electrons. The molecule has 0 aliphatic carbocycles. The number of benzene rings is 3. The standard InChI is InChI=1S/C26H21Cl2N3O6S/c27-16-5-7-19(28)20(13-16)30-38(34,35)17-6-8-22(31-9-11-36-12-10-31)21(14-17)29-26(33)25-15-23(32)18-3-1-2-4-24(18)37-25/h1-8,13-15,30H,9-12H2,(H,29,33). The van der Waals surface area contributed by atoms with Gasteiger partial charge in [0.2, 0.25) is 0 Å². The van der Waals surface area contributed by atoms with Gasteiger partial charge < -0.3 is 19.4 Å². The molecule has 0 radical (unpaired) electrons. The highest BCUT2D eigenvalue weighted by Crippen LogP contribution is 2.33. The molecule has 3 aromatic carbocycles. The van der Waals surface area contributed by atoms with Crippen molar-refractivity contribution in [1.29, 1.82) is 0 Å². The lowest BCUT2D eigenvalue weighted by Crippen LogP contribution is -2.36. The third-order valence-corrected chi connectivity index (χ3v) is 7.84. The first-order chi connectivity index (χ1) is 18.2. The third-order valence-electron chi connectivity index (χ3n) is 5.91. The van der Waals surface area contributed by atoms with Crippen LogP contribution in [-0.2, 0) is 14.8 Å². The zero-order valence-corrected chi connectivity index (χ0v) is 22.1. The van der Waals surface area contributed by atoms with E-state index in [4.69, 9.17) is 32.4 Å².